The first-order chi connectivity index (χ1) is 9.38. The Labute approximate surface area is 122 Å². The van der Waals surface area contributed by atoms with Crippen LogP contribution in [0.4, 0.5) is 0 Å². The average molecular weight is 290 g/mol. The number of rotatable bonds is 12. The van der Waals surface area contributed by atoms with Gasteiger partial charge in [0.05, 0.1) is 0 Å². The first-order valence-electron chi connectivity index (χ1n) is 7.74. The zero-order valence-corrected chi connectivity index (χ0v) is 12.8. The fraction of sp³-hybridized carbons (Fsp3) is 0.933. The third kappa shape index (κ3) is 11.2. The molecule has 0 aromatic carbocycles. The van der Waals surface area contributed by atoms with Crippen molar-refractivity contribution in [2.45, 2.75) is 90.1 Å². The molecule has 0 heterocycles. The van der Waals surface area contributed by atoms with E-state index in [1.807, 2.05) is 0 Å². The minimum Gasteiger partial charge on any atom is -0.454 e. The van der Waals surface area contributed by atoms with E-state index < -0.39 is 18.0 Å². The predicted molar refractivity (Wildman–Crippen MR) is 76.8 cm³/mol. The molecule has 0 saturated heterocycles. The molecule has 0 aromatic rings. The van der Waals surface area contributed by atoms with E-state index >= 15 is 0 Å². The fourth-order valence-electron chi connectivity index (χ4n) is 1.92. The lowest BCUT2D eigenvalue weighted by atomic mass is 10.1. The van der Waals surface area contributed by atoms with Crippen LogP contribution in [0.15, 0.2) is 0 Å². The van der Waals surface area contributed by atoms with Crippen molar-refractivity contribution in [3.63, 3.8) is 0 Å². The van der Waals surface area contributed by atoms with Gasteiger partial charge in [0.1, 0.15) is 0 Å². The molecule has 0 saturated carbocycles. The van der Waals surface area contributed by atoms with Gasteiger partial charge in [-0.3, -0.25) is 4.79 Å². The molecule has 3 N–H and O–H groups in total. The molecule has 0 rings (SSSR count). The third-order valence-electron chi connectivity index (χ3n) is 3.34. The van der Waals surface area contributed by atoms with Crippen LogP contribution >= 0.6 is 0 Å². The van der Waals surface area contributed by atoms with Crippen LogP contribution in [-0.4, -0.2) is 33.4 Å². The van der Waals surface area contributed by atoms with E-state index in [2.05, 4.69) is 6.92 Å². The Hall–Kier alpha value is -0.650. The smallest absolute Gasteiger partial charge is 0.314 e. The molecule has 0 fully saturated rings. The largest absolute Gasteiger partial charge is 0.454 e. The summed E-state index contributed by atoms with van der Waals surface area (Å²) in [5.41, 5.74) is 0. The number of carbonyl (C=O) groups is 1. The van der Waals surface area contributed by atoms with E-state index in [0.717, 1.165) is 19.3 Å². The molecule has 1 atom stereocenters. The monoisotopic (exact) mass is 290 g/mol. The normalized spacial score (nSPS) is 13.2. The number of aliphatic hydroxyl groups is 3. The summed E-state index contributed by atoms with van der Waals surface area (Å²) in [6, 6.07) is 0. The summed E-state index contributed by atoms with van der Waals surface area (Å²) in [5.74, 6) is -3.48. The molecular weight excluding hydrogens is 260 g/mol. The van der Waals surface area contributed by atoms with Crippen LogP contribution in [0.2, 0.25) is 0 Å². The van der Waals surface area contributed by atoms with Crippen molar-refractivity contribution in [1.82, 2.24) is 0 Å². The van der Waals surface area contributed by atoms with Crippen LogP contribution in [0.25, 0.3) is 0 Å². The number of hydrogen-bond donors (Lipinski definition) is 3. The van der Waals surface area contributed by atoms with Gasteiger partial charge in [-0.1, -0.05) is 58.3 Å². The van der Waals surface area contributed by atoms with Crippen LogP contribution < -0.4 is 0 Å². The molecule has 5 nitrogen and oxygen atoms in total. The zero-order valence-electron chi connectivity index (χ0n) is 12.8. The van der Waals surface area contributed by atoms with Crippen molar-refractivity contribution < 1.29 is 24.9 Å². The SMILES string of the molecule is CCCCCCCCCCCC(=O)OC(C)C(O)(O)O. The lowest BCUT2D eigenvalue weighted by molar-refractivity contribution is -0.352. The fourth-order valence-corrected chi connectivity index (χ4v) is 1.92. The number of ether oxygens (including phenoxy) is 1. The van der Waals surface area contributed by atoms with Gasteiger partial charge in [0, 0.05) is 6.42 Å². The van der Waals surface area contributed by atoms with Crippen LogP contribution in [0.5, 0.6) is 0 Å². The maximum absolute atomic E-state index is 11.4. The molecule has 0 amide bonds. The minimum atomic E-state index is -2.96. The Morgan fingerprint density at radius 3 is 1.85 bits per heavy atom. The predicted octanol–water partition coefficient (Wildman–Crippen LogP) is 2.47. The van der Waals surface area contributed by atoms with Crippen molar-refractivity contribution in [3.05, 3.63) is 0 Å². The highest BCUT2D eigenvalue weighted by Gasteiger charge is 2.31. The summed E-state index contributed by atoms with van der Waals surface area (Å²) in [4.78, 5) is 11.4. The van der Waals surface area contributed by atoms with Crippen molar-refractivity contribution in [3.8, 4) is 0 Å². The quantitative estimate of drug-likeness (QED) is 0.292. The second-order valence-electron chi connectivity index (χ2n) is 5.40. The lowest BCUT2D eigenvalue weighted by Gasteiger charge is -2.22. The molecular formula is C15H30O5. The van der Waals surface area contributed by atoms with Crippen molar-refractivity contribution in [2.75, 3.05) is 0 Å². The van der Waals surface area contributed by atoms with Crippen LogP contribution in [0.3, 0.4) is 0 Å². The van der Waals surface area contributed by atoms with Gasteiger partial charge >= 0.3 is 11.9 Å². The van der Waals surface area contributed by atoms with Gasteiger partial charge in [0.25, 0.3) is 0 Å². The van der Waals surface area contributed by atoms with Crippen LogP contribution in [-0.2, 0) is 9.53 Å². The summed E-state index contributed by atoms with van der Waals surface area (Å²) in [7, 11) is 0. The Morgan fingerprint density at radius 2 is 1.40 bits per heavy atom. The molecule has 0 aliphatic carbocycles. The molecule has 0 aliphatic rings. The second-order valence-corrected chi connectivity index (χ2v) is 5.40. The van der Waals surface area contributed by atoms with E-state index in [-0.39, 0.29) is 6.42 Å². The van der Waals surface area contributed by atoms with Gasteiger partial charge in [0.15, 0.2) is 6.10 Å². The molecule has 0 aromatic heterocycles. The van der Waals surface area contributed by atoms with Crippen molar-refractivity contribution >= 4 is 5.97 Å². The third-order valence-corrected chi connectivity index (χ3v) is 3.34. The van der Waals surface area contributed by atoms with Gasteiger partial charge < -0.3 is 20.1 Å². The summed E-state index contributed by atoms with van der Waals surface area (Å²) >= 11 is 0. The number of hydrogen-bond acceptors (Lipinski definition) is 5. The van der Waals surface area contributed by atoms with E-state index in [0.29, 0.717) is 0 Å². The molecule has 5 heteroatoms. The summed E-state index contributed by atoms with van der Waals surface area (Å²) in [6.45, 7) is 3.43. The molecule has 120 valence electrons. The molecule has 0 bridgehead atoms. The number of esters is 1. The summed E-state index contributed by atoms with van der Waals surface area (Å²) < 4.78 is 4.70. The molecule has 20 heavy (non-hydrogen) atoms. The first-order valence-corrected chi connectivity index (χ1v) is 7.74. The first kappa shape index (κ1) is 19.4. The Kier molecular flexibility index (Phi) is 10.7. The Bertz CT molecular complexity index is 247. The van der Waals surface area contributed by atoms with E-state index in [9.17, 15) is 4.79 Å². The van der Waals surface area contributed by atoms with Gasteiger partial charge in [-0.15, -0.1) is 0 Å². The number of unbranched alkanes of at least 4 members (excludes halogenated alkanes) is 8. The molecule has 1 unspecified atom stereocenters. The lowest BCUT2D eigenvalue weighted by Crippen LogP contribution is -2.42. The number of carbonyl (C=O) groups excluding carboxylic acids is 1. The second kappa shape index (κ2) is 11.1. The minimum absolute atomic E-state index is 0.246. The standard InChI is InChI=1S/C15H30O5/c1-3-4-5-6-7-8-9-10-11-12-14(16)20-13(2)15(17,18)19/h13,17-19H,3-12H2,1-2H3. The zero-order chi connectivity index (χ0) is 15.4. The maximum atomic E-state index is 11.4. The summed E-state index contributed by atoms with van der Waals surface area (Å²) in [5, 5.41) is 26.4. The van der Waals surface area contributed by atoms with E-state index in [1.165, 1.54) is 45.4 Å². The Morgan fingerprint density at radius 1 is 0.950 bits per heavy atom. The van der Waals surface area contributed by atoms with Gasteiger partial charge in [-0.2, -0.15) is 0 Å². The highest BCUT2D eigenvalue weighted by atomic mass is 16.7. The van der Waals surface area contributed by atoms with Crippen LogP contribution in [0.1, 0.15) is 78.1 Å². The average Bonchev–Trinajstić information content (AvgIpc) is 2.35. The highest BCUT2D eigenvalue weighted by Crippen LogP contribution is 2.12. The van der Waals surface area contributed by atoms with Crippen molar-refractivity contribution in [2.24, 2.45) is 0 Å². The van der Waals surface area contributed by atoms with Gasteiger partial charge in [-0.25, -0.2) is 0 Å². The van der Waals surface area contributed by atoms with Gasteiger partial charge in [-0.05, 0) is 13.3 Å². The topological polar surface area (TPSA) is 87.0 Å². The Balaban J connectivity index is 3.40. The summed E-state index contributed by atoms with van der Waals surface area (Å²) in [6.07, 6.45) is 9.35. The maximum Gasteiger partial charge on any atom is 0.314 e. The highest BCUT2D eigenvalue weighted by molar-refractivity contribution is 5.69. The van der Waals surface area contributed by atoms with E-state index in [4.69, 9.17) is 20.1 Å². The molecule has 0 aliphatic heterocycles. The van der Waals surface area contributed by atoms with Crippen molar-refractivity contribution in [1.29, 1.82) is 0 Å². The van der Waals surface area contributed by atoms with E-state index in [1.54, 1.807) is 0 Å². The molecule has 0 radical (unpaired) electrons. The van der Waals surface area contributed by atoms with Gasteiger partial charge in [0.2, 0.25) is 0 Å². The van der Waals surface area contributed by atoms with Crippen LogP contribution in [0, 0.1) is 0 Å². The molecule has 0 spiro atoms.